The molecule has 1 saturated carbocycles. The second-order valence-corrected chi connectivity index (χ2v) is 4.84. The van der Waals surface area contributed by atoms with Crippen LogP contribution >= 0.6 is 0 Å². The van der Waals surface area contributed by atoms with E-state index in [1.165, 1.54) is 25.0 Å². The van der Waals surface area contributed by atoms with Gasteiger partial charge in [-0.05, 0) is 31.0 Å². The number of nitro benzene ring substituents is 1. The fourth-order valence-corrected chi connectivity index (χ4v) is 1.97. The van der Waals surface area contributed by atoms with Crippen LogP contribution in [0.25, 0.3) is 11.3 Å². The van der Waals surface area contributed by atoms with Gasteiger partial charge in [-0.15, -0.1) is 0 Å². The molecular formula is C14H13FN2O3. The van der Waals surface area contributed by atoms with E-state index in [0.29, 0.717) is 18.3 Å². The summed E-state index contributed by atoms with van der Waals surface area (Å²) in [4.78, 5) is 9.94. The molecule has 1 aromatic carbocycles. The van der Waals surface area contributed by atoms with Crippen molar-refractivity contribution in [2.45, 2.75) is 25.4 Å². The van der Waals surface area contributed by atoms with E-state index in [2.05, 4.69) is 5.32 Å². The Labute approximate surface area is 114 Å². The highest BCUT2D eigenvalue weighted by molar-refractivity contribution is 5.60. The molecule has 0 saturated heterocycles. The van der Waals surface area contributed by atoms with E-state index >= 15 is 0 Å². The third-order valence-electron chi connectivity index (χ3n) is 3.23. The summed E-state index contributed by atoms with van der Waals surface area (Å²) in [6.45, 7) is 0.610. The zero-order chi connectivity index (χ0) is 14.1. The maximum absolute atomic E-state index is 13.8. The Kier molecular flexibility index (Phi) is 3.23. The minimum absolute atomic E-state index is 0.230. The van der Waals surface area contributed by atoms with Crippen LogP contribution in [0.2, 0.25) is 0 Å². The summed E-state index contributed by atoms with van der Waals surface area (Å²) in [5.74, 6) is 0.449. The number of benzene rings is 1. The van der Waals surface area contributed by atoms with Crippen LogP contribution in [0.3, 0.4) is 0 Å². The van der Waals surface area contributed by atoms with E-state index in [4.69, 9.17) is 4.42 Å². The van der Waals surface area contributed by atoms with Crippen molar-refractivity contribution in [1.29, 1.82) is 0 Å². The van der Waals surface area contributed by atoms with Gasteiger partial charge in [0.1, 0.15) is 17.3 Å². The van der Waals surface area contributed by atoms with Crippen LogP contribution < -0.4 is 5.32 Å². The van der Waals surface area contributed by atoms with Crippen molar-refractivity contribution in [1.82, 2.24) is 5.32 Å². The van der Waals surface area contributed by atoms with Gasteiger partial charge in [0.15, 0.2) is 0 Å². The van der Waals surface area contributed by atoms with Gasteiger partial charge >= 0.3 is 0 Å². The van der Waals surface area contributed by atoms with Crippen molar-refractivity contribution in [2.24, 2.45) is 0 Å². The second kappa shape index (κ2) is 5.05. The highest BCUT2D eigenvalue weighted by Crippen LogP contribution is 2.28. The Morgan fingerprint density at radius 2 is 2.15 bits per heavy atom. The summed E-state index contributed by atoms with van der Waals surface area (Å²) in [5.41, 5.74) is -0.0401. The van der Waals surface area contributed by atoms with Crippen LogP contribution in [0.4, 0.5) is 10.1 Å². The number of furan rings is 1. The van der Waals surface area contributed by atoms with Crippen LogP contribution in [0.1, 0.15) is 18.6 Å². The van der Waals surface area contributed by atoms with Gasteiger partial charge in [0, 0.05) is 12.1 Å². The number of halogens is 1. The predicted molar refractivity (Wildman–Crippen MR) is 70.6 cm³/mol. The molecule has 0 radical (unpaired) electrons. The molecule has 1 aromatic heterocycles. The Balaban J connectivity index is 1.79. The van der Waals surface area contributed by atoms with Crippen LogP contribution in [-0.4, -0.2) is 11.0 Å². The minimum atomic E-state index is -0.657. The summed E-state index contributed by atoms with van der Waals surface area (Å²) < 4.78 is 19.4. The lowest BCUT2D eigenvalue weighted by atomic mass is 10.1. The Bertz CT molecular complexity index is 650. The maximum atomic E-state index is 13.8. The first-order valence-electron chi connectivity index (χ1n) is 6.40. The first kappa shape index (κ1) is 12.8. The standard InChI is InChI=1S/C14H13FN2O3/c15-13-7-10(17(18)19)3-5-12(13)14-6-4-11(20-14)8-16-9-1-2-9/h3-7,9,16H,1-2,8H2. The molecule has 3 rings (SSSR count). The molecule has 5 nitrogen and oxygen atoms in total. The number of hydrogen-bond donors (Lipinski definition) is 1. The SMILES string of the molecule is O=[N+]([O-])c1ccc(-c2ccc(CNC3CC3)o2)c(F)c1. The molecule has 104 valence electrons. The van der Waals surface area contributed by atoms with Crippen molar-refractivity contribution >= 4 is 5.69 Å². The van der Waals surface area contributed by atoms with E-state index in [9.17, 15) is 14.5 Å². The monoisotopic (exact) mass is 276 g/mol. The minimum Gasteiger partial charge on any atom is -0.460 e. The van der Waals surface area contributed by atoms with Crippen LogP contribution in [-0.2, 0) is 6.54 Å². The third kappa shape index (κ3) is 2.70. The number of nitro groups is 1. The molecule has 1 heterocycles. The molecule has 0 aliphatic heterocycles. The molecule has 20 heavy (non-hydrogen) atoms. The average Bonchev–Trinajstić information content (AvgIpc) is 3.14. The van der Waals surface area contributed by atoms with Crippen LogP contribution in [0.5, 0.6) is 0 Å². The molecule has 6 heteroatoms. The molecule has 0 bridgehead atoms. The lowest BCUT2D eigenvalue weighted by molar-refractivity contribution is -0.385. The first-order valence-corrected chi connectivity index (χ1v) is 6.40. The van der Waals surface area contributed by atoms with Crippen LogP contribution in [0.15, 0.2) is 34.7 Å². The van der Waals surface area contributed by atoms with E-state index in [0.717, 1.165) is 11.8 Å². The Hall–Kier alpha value is -2.21. The molecule has 2 aromatic rings. The zero-order valence-corrected chi connectivity index (χ0v) is 10.6. The van der Waals surface area contributed by atoms with E-state index in [1.807, 2.05) is 0 Å². The summed E-state index contributed by atoms with van der Waals surface area (Å²) in [6.07, 6.45) is 2.37. The second-order valence-electron chi connectivity index (χ2n) is 4.84. The van der Waals surface area contributed by atoms with Gasteiger partial charge in [-0.1, -0.05) is 0 Å². The van der Waals surface area contributed by atoms with Gasteiger partial charge in [-0.2, -0.15) is 0 Å². The zero-order valence-electron chi connectivity index (χ0n) is 10.6. The molecular weight excluding hydrogens is 263 g/mol. The largest absolute Gasteiger partial charge is 0.460 e. The summed E-state index contributed by atoms with van der Waals surface area (Å²) >= 11 is 0. The number of non-ortho nitro benzene ring substituents is 1. The topological polar surface area (TPSA) is 68.3 Å². The van der Waals surface area contributed by atoms with Gasteiger partial charge in [-0.3, -0.25) is 10.1 Å². The number of rotatable bonds is 5. The van der Waals surface area contributed by atoms with Crippen molar-refractivity contribution in [3.63, 3.8) is 0 Å². The molecule has 0 unspecified atom stereocenters. The number of nitrogens with zero attached hydrogens (tertiary/aromatic N) is 1. The molecule has 1 aliphatic carbocycles. The average molecular weight is 276 g/mol. The van der Waals surface area contributed by atoms with Gasteiger partial charge in [0.2, 0.25) is 0 Å². The fourth-order valence-electron chi connectivity index (χ4n) is 1.97. The number of hydrogen-bond acceptors (Lipinski definition) is 4. The summed E-state index contributed by atoms with van der Waals surface area (Å²) in [5, 5.41) is 13.9. The lowest BCUT2D eigenvalue weighted by Gasteiger charge is -2.01. The van der Waals surface area contributed by atoms with Crippen molar-refractivity contribution in [3.8, 4) is 11.3 Å². The fraction of sp³-hybridized carbons (Fsp3) is 0.286. The van der Waals surface area contributed by atoms with E-state index in [-0.39, 0.29) is 11.3 Å². The molecule has 1 fully saturated rings. The van der Waals surface area contributed by atoms with Crippen molar-refractivity contribution in [3.05, 3.63) is 52.0 Å². The normalized spacial score (nSPS) is 14.4. The van der Waals surface area contributed by atoms with Gasteiger partial charge in [0.05, 0.1) is 23.1 Å². The van der Waals surface area contributed by atoms with Gasteiger partial charge < -0.3 is 9.73 Å². The third-order valence-corrected chi connectivity index (χ3v) is 3.23. The molecule has 1 N–H and O–H groups in total. The molecule has 0 atom stereocenters. The molecule has 0 amide bonds. The summed E-state index contributed by atoms with van der Waals surface area (Å²) in [6, 6.07) is 7.56. The highest BCUT2D eigenvalue weighted by atomic mass is 19.1. The predicted octanol–water partition coefficient (Wildman–Crippen LogP) is 3.25. The Morgan fingerprint density at radius 1 is 1.35 bits per heavy atom. The maximum Gasteiger partial charge on any atom is 0.272 e. The first-order chi connectivity index (χ1) is 9.63. The lowest BCUT2D eigenvalue weighted by Crippen LogP contribution is -2.14. The van der Waals surface area contributed by atoms with Crippen molar-refractivity contribution < 1.29 is 13.7 Å². The Morgan fingerprint density at radius 3 is 2.80 bits per heavy atom. The van der Waals surface area contributed by atoms with Crippen LogP contribution in [0, 0.1) is 15.9 Å². The molecule has 1 aliphatic rings. The van der Waals surface area contributed by atoms with Crippen molar-refractivity contribution in [2.75, 3.05) is 0 Å². The van der Waals surface area contributed by atoms with Gasteiger partial charge in [0.25, 0.3) is 5.69 Å². The number of nitrogens with one attached hydrogen (secondary N) is 1. The van der Waals surface area contributed by atoms with Gasteiger partial charge in [-0.25, -0.2) is 4.39 Å². The molecule has 0 spiro atoms. The highest BCUT2D eigenvalue weighted by Gasteiger charge is 2.21. The van der Waals surface area contributed by atoms with E-state index < -0.39 is 10.7 Å². The quantitative estimate of drug-likeness (QED) is 0.672. The van der Waals surface area contributed by atoms with E-state index in [1.54, 1.807) is 12.1 Å². The summed E-state index contributed by atoms with van der Waals surface area (Å²) in [7, 11) is 0. The smallest absolute Gasteiger partial charge is 0.272 e.